The second-order valence-corrected chi connectivity index (χ2v) is 6.71. The Morgan fingerprint density at radius 1 is 1.21 bits per heavy atom. The van der Waals surface area contributed by atoms with Crippen LogP contribution in [-0.2, 0) is 5.54 Å². The highest BCUT2D eigenvalue weighted by atomic mass is 15.3. The van der Waals surface area contributed by atoms with E-state index in [0.717, 1.165) is 18.7 Å². The van der Waals surface area contributed by atoms with Crippen molar-refractivity contribution in [3.8, 4) is 0 Å². The van der Waals surface area contributed by atoms with Crippen molar-refractivity contribution in [1.29, 1.82) is 0 Å². The molecule has 2 saturated carbocycles. The van der Waals surface area contributed by atoms with Gasteiger partial charge in [0.1, 0.15) is 6.33 Å². The standard InChI is InChI=1S/C15H26N4/c1-12-6-5-9-15(16,10-12)14-18-17-11-19(14)13-7-3-2-4-8-13/h11-13H,2-10,16H2,1H3. The summed E-state index contributed by atoms with van der Waals surface area (Å²) in [6.45, 7) is 2.31. The molecule has 2 N–H and O–H groups in total. The minimum Gasteiger partial charge on any atom is -0.319 e. The maximum Gasteiger partial charge on any atom is 0.153 e. The molecule has 2 aliphatic rings. The lowest BCUT2D eigenvalue weighted by molar-refractivity contribution is 0.212. The van der Waals surface area contributed by atoms with Crippen LogP contribution in [0.25, 0.3) is 0 Å². The molecular weight excluding hydrogens is 236 g/mol. The van der Waals surface area contributed by atoms with E-state index in [1.54, 1.807) is 0 Å². The van der Waals surface area contributed by atoms with Gasteiger partial charge in [0.25, 0.3) is 0 Å². The fourth-order valence-electron chi connectivity index (χ4n) is 4.02. The summed E-state index contributed by atoms with van der Waals surface area (Å²) in [5, 5.41) is 8.58. The van der Waals surface area contributed by atoms with Gasteiger partial charge in [-0.25, -0.2) is 0 Å². The highest BCUT2D eigenvalue weighted by Crippen LogP contribution is 2.39. The van der Waals surface area contributed by atoms with Crippen molar-refractivity contribution >= 4 is 0 Å². The molecule has 1 aromatic heterocycles. The van der Waals surface area contributed by atoms with Crippen LogP contribution in [0.4, 0.5) is 0 Å². The summed E-state index contributed by atoms with van der Waals surface area (Å²) in [6, 6.07) is 0.580. The van der Waals surface area contributed by atoms with Crippen molar-refractivity contribution in [2.24, 2.45) is 11.7 Å². The van der Waals surface area contributed by atoms with Crippen molar-refractivity contribution in [2.75, 3.05) is 0 Å². The number of rotatable bonds is 2. The van der Waals surface area contributed by atoms with E-state index in [2.05, 4.69) is 21.7 Å². The summed E-state index contributed by atoms with van der Waals surface area (Å²) in [5.41, 5.74) is 6.45. The van der Waals surface area contributed by atoms with Crippen molar-refractivity contribution in [1.82, 2.24) is 14.8 Å². The lowest BCUT2D eigenvalue weighted by atomic mass is 9.76. The van der Waals surface area contributed by atoms with Gasteiger partial charge in [-0.1, -0.05) is 39.0 Å². The topological polar surface area (TPSA) is 56.7 Å². The molecule has 0 amide bonds. The molecule has 0 saturated heterocycles. The first kappa shape index (κ1) is 13.1. The van der Waals surface area contributed by atoms with Crippen LogP contribution < -0.4 is 5.73 Å². The number of nitrogens with two attached hydrogens (primary N) is 1. The zero-order valence-electron chi connectivity index (χ0n) is 12.0. The predicted molar refractivity (Wildman–Crippen MR) is 75.6 cm³/mol. The zero-order chi connectivity index (χ0) is 13.3. The summed E-state index contributed by atoms with van der Waals surface area (Å²) in [4.78, 5) is 0. The molecule has 2 fully saturated rings. The second-order valence-electron chi connectivity index (χ2n) is 6.71. The molecule has 4 nitrogen and oxygen atoms in total. The third-order valence-corrected chi connectivity index (χ3v) is 5.02. The molecule has 3 rings (SSSR count). The highest BCUT2D eigenvalue weighted by molar-refractivity contribution is 5.08. The Morgan fingerprint density at radius 3 is 2.74 bits per heavy atom. The van der Waals surface area contributed by atoms with E-state index >= 15 is 0 Å². The van der Waals surface area contributed by atoms with Gasteiger partial charge in [0.2, 0.25) is 0 Å². The Morgan fingerprint density at radius 2 is 2.00 bits per heavy atom. The Bertz CT molecular complexity index is 422. The van der Waals surface area contributed by atoms with Crippen LogP contribution in [0.3, 0.4) is 0 Å². The lowest BCUT2D eigenvalue weighted by Gasteiger charge is -2.37. The van der Waals surface area contributed by atoms with E-state index in [4.69, 9.17) is 5.73 Å². The van der Waals surface area contributed by atoms with Crippen LogP contribution in [0.15, 0.2) is 6.33 Å². The smallest absolute Gasteiger partial charge is 0.153 e. The van der Waals surface area contributed by atoms with Gasteiger partial charge in [0, 0.05) is 6.04 Å². The molecule has 0 bridgehead atoms. The SMILES string of the molecule is CC1CCCC(N)(c2nncn2C2CCCCC2)C1. The lowest BCUT2D eigenvalue weighted by Crippen LogP contribution is -2.43. The van der Waals surface area contributed by atoms with Crippen LogP contribution in [0.1, 0.15) is 76.6 Å². The molecular formula is C15H26N4. The van der Waals surface area contributed by atoms with Crippen molar-refractivity contribution in [3.05, 3.63) is 12.2 Å². The van der Waals surface area contributed by atoms with E-state index < -0.39 is 0 Å². The number of aromatic nitrogens is 3. The first-order valence-electron chi connectivity index (χ1n) is 7.88. The fraction of sp³-hybridized carbons (Fsp3) is 0.867. The minimum absolute atomic E-state index is 0.244. The monoisotopic (exact) mass is 262 g/mol. The van der Waals surface area contributed by atoms with Crippen molar-refractivity contribution in [3.63, 3.8) is 0 Å². The Kier molecular flexibility index (Phi) is 3.61. The van der Waals surface area contributed by atoms with E-state index in [9.17, 15) is 0 Å². The minimum atomic E-state index is -0.244. The van der Waals surface area contributed by atoms with Crippen LogP contribution in [0, 0.1) is 5.92 Å². The average molecular weight is 262 g/mol. The van der Waals surface area contributed by atoms with Crippen LogP contribution >= 0.6 is 0 Å². The Balaban J connectivity index is 1.86. The maximum atomic E-state index is 6.70. The maximum absolute atomic E-state index is 6.70. The zero-order valence-corrected chi connectivity index (χ0v) is 12.0. The Labute approximate surface area is 115 Å². The number of hydrogen-bond donors (Lipinski definition) is 1. The van der Waals surface area contributed by atoms with Gasteiger partial charge in [-0.2, -0.15) is 0 Å². The summed E-state index contributed by atoms with van der Waals surface area (Å²) in [7, 11) is 0. The normalized spacial score (nSPS) is 33.5. The van der Waals surface area contributed by atoms with E-state index in [-0.39, 0.29) is 5.54 Å². The summed E-state index contributed by atoms with van der Waals surface area (Å²) in [5.74, 6) is 1.75. The van der Waals surface area contributed by atoms with Gasteiger partial charge >= 0.3 is 0 Å². The molecule has 19 heavy (non-hydrogen) atoms. The van der Waals surface area contributed by atoms with Crippen LogP contribution in [0.2, 0.25) is 0 Å². The average Bonchev–Trinajstić information content (AvgIpc) is 2.89. The molecule has 4 heteroatoms. The van der Waals surface area contributed by atoms with Crippen molar-refractivity contribution < 1.29 is 0 Å². The van der Waals surface area contributed by atoms with Gasteiger partial charge in [0.05, 0.1) is 5.54 Å². The number of nitrogens with zero attached hydrogens (tertiary/aromatic N) is 3. The molecule has 106 valence electrons. The molecule has 0 aliphatic heterocycles. The van der Waals surface area contributed by atoms with Crippen LogP contribution in [0.5, 0.6) is 0 Å². The van der Waals surface area contributed by atoms with E-state index in [1.165, 1.54) is 44.9 Å². The van der Waals surface area contributed by atoms with Gasteiger partial charge in [-0.15, -0.1) is 10.2 Å². The van der Waals surface area contributed by atoms with Crippen molar-refractivity contribution in [2.45, 2.75) is 76.3 Å². The molecule has 0 spiro atoms. The first-order valence-corrected chi connectivity index (χ1v) is 7.88. The van der Waals surface area contributed by atoms with Gasteiger partial charge < -0.3 is 10.3 Å². The predicted octanol–water partition coefficient (Wildman–Crippen LogP) is 3.15. The Hall–Kier alpha value is -0.900. The summed E-state index contributed by atoms with van der Waals surface area (Å²) in [6.07, 6.45) is 13.1. The summed E-state index contributed by atoms with van der Waals surface area (Å²) >= 11 is 0. The molecule has 0 radical (unpaired) electrons. The third kappa shape index (κ3) is 2.55. The van der Waals surface area contributed by atoms with Crippen LogP contribution in [-0.4, -0.2) is 14.8 Å². The van der Waals surface area contributed by atoms with E-state index in [0.29, 0.717) is 12.0 Å². The molecule has 0 aromatic carbocycles. The summed E-state index contributed by atoms with van der Waals surface area (Å²) < 4.78 is 2.30. The third-order valence-electron chi connectivity index (χ3n) is 5.02. The molecule has 2 aliphatic carbocycles. The van der Waals surface area contributed by atoms with Gasteiger partial charge in [0.15, 0.2) is 5.82 Å². The second kappa shape index (κ2) is 5.23. The van der Waals surface area contributed by atoms with E-state index in [1.807, 2.05) is 6.33 Å². The van der Waals surface area contributed by atoms with Gasteiger partial charge in [-0.05, 0) is 31.6 Å². The molecule has 1 aromatic rings. The quantitative estimate of drug-likeness (QED) is 0.890. The van der Waals surface area contributed by atoms with Gasteiger partial charge in [-0.3, -0.25) is 0 Å². The molecule has 2 unspecified atom stereocenters. The molecule has 2 atom stereocenters. The molecule has 1 heterocycles. The highest BCUT2D eigenvalue weighted by Gasteiger charge is 2.38. The fourth-order valence-corrected chi connectivity index (χ4v) is 4.02. The first-order chi connectivity index (χ1) is 9.19. The largest absolute Gasteiger partial charge is 0.319 e. The number of hydrogen-bond acceptors (Lipinski definition) is 3.